The van der Waals surface area contributed by atoms with E-state index in [0.717, 1.165) is 6.54 Å². The molecule has 1 N–H and O–H groups in total. The Balaban J connectivity index is 1.87. The molecule has 1 aliphatic rings. The van der Waals surface area contributed by atoms with Crippen LogP contribution in [0.2, 0.25) is 0 Å². The van der Waals surface area contributed by atoms with Crippen molar-refractivity contribution in [1.29, 1.82) is 0 Å². The van der Waals surface area contributed by atoms with Gasteiger partial charge in [0.25, 0.3) is 0 Å². The summed E-state index contributed by atoms with van der Waals surface area (Å²) in [5.41, 5.74) is 1.37. The van der Waals surface area contributed by atoms with E-state index in [1.165, 1.54) is 44.5 Å². The van der Waals surface area contributed by atoms with Gasteiger partial charge in [-0.1, -0.05) is 6.92 Å². The Morgan fingerprint density at radius 1 is 1.41 bits per heavy atom. The molecule has 3 heteroatoms. The number of pyridine rings is 1. The Labute approximate surface area is 104 Å². The zero-order valence-corrected chi connectivity index (χ0v) is 10.7. The van der Waals surface area contributed by atoms with Crippen molar-refractivity contribution in [2.45, 2.75) is 38.8 Å². The van der Waals surface area contributed by atoms with Gasteiger partial charge >= 0.3 is 0 Å². The van der Waals surface area contributed by atoms with Gasteiger partial charge in [0.1, 0.15) is 0 Å². The second-order valence-electron chi connectivity index (χ2n) is 4.88. The van der Waals surface area contributed by atoms with Crippen molar-refractivity contribution in [1.82, 2.24) is 15.2 Å². The van der Waals surface area contributed by atoms with Crippen LogP contribution in [0.5, 0.6) is 0 Å². The molecule has 3 nitrogen and oxygen atoms in total. The van der Waals surface area contributed by atoms with Gasteiger partial charge in [-0.25, -0.2) is 0 Å². The molecule has 2 rings (SSSR count). The summed E-state index contributed by atoms with van der Waals surface area (Å²) in [4.78, 5) is 6.62. The van der Waals surface area contributed by atoms with Crippen LogP contribution in [-0.2, 0) is 6.54 Å². The molecule has 1 saturated heterocycles. The Hall–Kier alpha value is -0.930. The monoisotopic (exact) mass is 233 g/mol. The first-order valence-electron chi connectivity index (χ1n) is 6.73. The van der Waals surface area contributed by atoms with Gasteiger partial charge in [-0.3, -0.25) is 9.88 Å². The van der Waals surface area contributed by atoms with E-state index in [1.54, 1.807) is 0 Å². The maximum absolute atomic E-state index is 4.07. The number of aromatic nitrogens is 1. The summed E-state index contributed by atoms with van der Waals surface area (Å²) < 4.78 is 0. The minimum atomic E-state index is 0.698. The fourth-order valence-corrected chi connectivity index (χ4v) is 2.52. The zero-order chi connectivity index (χ0) is 11.9. The minimum Gasteiger partial charge on any atom is -0.313 e. The SMILES string of the molecule is CCCN(Cc1ccncc1)CC1CCCN1. The fraction of sp³-hybridized carbons (Fsp3) is 0.643. The summed E-state index contributed by atoms with van der Waals surface area (Å²) in [5.74, 6) is 0. The van der Waals surface area contributed by atoms with E-state index < -0.39 is 0 Å². The average molecular weight is 233 g/mol. The first-order chi connectivity index (χ1) is 8.38. The first-order valence-corrected chi connectivity index (χ1v) is 6.73. The summed E-state index contributed by atoms with van der Waals surface area (Å²) in [7, 11) is 0. The lowest BCUT2D eigenvalue weighted by molar-refractivity contribution is 0.241. The van der Waals surface area contributed by atoms with Gasteiger partial charge in [-0.05, 0) is 50.0 Å². The Kier molecular flexibility index (Phi) is 4.95. The Morgan fingerprint density at radius 3 is 2.88 bits per heavy atom. The van der Waals surface area contributed by atoms with Crippen LogP contribution in [0.3, 0.4) is 0 Å². The maximum atomic E-state index is 4.07. The Bertz CT molecular complexity index is 307. The molecule has 0 radical (unpaired) electrons. The van der Waals surface area contributed by atoms with Crippen LogP contribution in [0.15, 0.2) is 24.5 Å². The lowest BCUT2D eigenvalue weighted by atomic mass is 10.2. The molecule has 1 atom stereocenters. The molecule has 0 aliphatic carbocycles. The molecule has 1 aliphatic heterocycles. The number of hydrogen-bond acceptors (Lipinski definition) is 3. The largest absolute Gasteiger partial charge is 0.313 e. The minimum absolute atomic E-state index is 0.698. The van der Waals surface area contributed by atoms with Gasteiger partial charge in [0.15, 0.2) is 0 Å². The second-order valence-corrected chi connectivity index (χ2v) is 4.88. The molecule has 0 bridgehead atoms. The molecule has 0 saturated carbocycles. The van der Waals surface area contributed by atoms with Crippen LogP contribution >= 0.6 is 0 Å². The van der Waals surface area contributed by atoms with E-state index in [0.29, 0.717) is 6.04 Å². The van der Waals surface area contributed by atoms with Crippen molar-refractivity contribution in [3.05, 3.63) is 30.1 Å². The molecular weight excluding hydrogens is 210 g/mol. The predicted octanol–water partition coefficient (Wildman–Crippen LogP) is 2.05. The normalized spacial score (nSPS) is 20.0. The molecule has 1 aromatic heterocycles. The standard InChI is InChI=1S/C14H23N3/c1-2-10-17(12-14-4-3-7-16-14)11-13-5-8-15-9-6-13/h5-6,8-9,14,16H,2-4,7,10-12H2,1H3. The van der Waals surface area contributed by atoms with E-state index in [9.17, 15) is 0 Å². The van der Waals surface area contributed by atoms with E-state index >= 15 is 0 Å². The van der Waals surface area contributed by atoms with Crippen LogP contribution in [0.25, 0.3) is 0 Å². The van der Waals surface area contributed by atoms with Crippen molar-refractivity contribution in [2.75, 3.05) is 19.6 Å². The van der Waals surface area contributed by atoms with Crippen LogP contribution in [0.1, 0.15) is 31.7 Å². The number of nitrogens with one attached hydrogen (secondary N) is 1. The van der Waals surface area contributed by atoms with Gasteiger partial charge in [-0.15, -0.1) is 0 Å². The quantitative estimate of drug-likeness (QED) is 0.815. The topological polar surface area (TPSA) is 28.2 Å². The van der Waals surface area contributed by atoms with Crippen LogP contribution < -0.4 is 5.32 Å². The highest BCUT2D eigenvalue weighted by Crippen LogP contribution is 2.10. The third kappa shape index (κ3) is 4.10. The Morgan fingerprint density at radius 2 is 2.24 bits per heavy atom. The summed E-state index contributed by atoms with van der Waals surface area (Å²) in [6, 6.07) is 4.93. The van der Waals surface area contributed by atoms with Crippen molar-refractivity contribution in [3.8, 4) is 0 Å². The molecule has 0 aromatic carbocycles. The van der Waals surface area contributed by atoms with Crippen LogP contribution in [-0.4, -0.2) is 35.6 Å². The van der Waals surface area contributed by atoms with E-state index in [-0.39, 0.29) is 0 Å². The van der Waals surface area contributed by atoms with Gasteiger partial charge in [0, 0.05) is 31.5 Å². The van der Waals surface area contributed by atoms with Gasteiger partial charge in [0.05, 0.1) is 0 Å². The summed E-state index contributed by atoms with van der Waals surface area (Å²) in [5, 5.41) is 3.58. The molecule has 1 aromatic rings. The van der Waals surface area contributed by atoms with Crippen LogP contribution in [0, 0.1) is 0 Å². The molecule has 2 heterocycles. The molecule has 1 fully saturated rings. The predicted molar refractivity (Wildman–Crippen MR) is 70.8 cm³/mol. The molecule has 17 heavy (non-hydrogen) atoms. The smallest absolute Gasteiger partial charge is 0.0271 e. The van der Waals surface area contributed by atoms with E-state index in [2.05, 4.69) is 34.3 Å². The zero-order valence-electron chi connectivity index (χ0n) is 10.7. The lowest BCUT2D eigenvalue weighted by Crippen LogP contribution is -2.37. The van der Waals surface area contributed by atoms with E-state index in [1.807, 2.05) is 12.4 Å². The highest BCUT2D eigenvalue weighted by Gasteiger charge is 2.17. The van der Waals surface area contributed by atoms with E-state index in [4.69, 9.17) is 0 Å². The number of hydrogen-bond donors (Lipinski definition) is 1. The second kappa shape index (κ2) is 6.72. The van der Waals surface area contributed by atoms with Crippen molar-refractivity contribution >= 4 is 0 Å². The summed E-state index contributed by atoms with van der Waals surface area (Å²) in [6.45, 7) is 6.85. The average Bonchev–Trinajstić information content (AvgIpc) is 2.83. The highest BCUT2D eigenvalue weighted by molar-refractivity contribution is 5.09. The van der Waals surface area contributed by atoms with Crippen LogP contribution in [0.4, 0.5) is 0 Å². The molecule has 1 unspecified atom stereocenters. The fourth-order valence-electron chi connectivity index (χ4n) is 2.52. The summed E-state index contributed by atoms with van der Waals surface area (Å²) in [6.07, 6.45) is 7.65. The maximum Gasteiger partial charge on any atom is 0.0271 e. The number of rotatable bonds is 6. The third-order valence-corrected chi connectivity index (χ3v) is 3.34. The molecular formula is C14H23N3. The molecule has 94 valence electrons. The van der Waals surface area contributed by atoms with Gasteiger partial charge < -0.3 is 5.32 Å². The third-order valence-electron chi connectivity index (χ3n) is 3.34. The number of nitrogens with zero attached hydrogens (tertiary/aromatic N) is 2. The van der Waals surface area contributed by atoms with Gasteiger partial charge in [0.2, 0.25) is 0 Å². The molecule has 0 amide bonds. The highest BCUT2D eigenvalue weighted by atomic mass is 15.1. The van der Waals surface area contributed by atoms with Crippen molar-refractivity contribution < 1.29 is 0 Å². The van der Waals surface area contributed by atoms with Crippen molar-refractivity contribution in [3.63, 3.8) is 0 Å². The lowest BCUT2D eigenvalue weighted by Gasteiger charge is -2.25. The summed E-state index contributed by atoms with van der Waals surface area (Å²) >= 11 is 0. The molecule has 0 spiro atoms. The van der Waals surface area contributed by atoms with Crippen molar-refractivity contribution in [2.24, 2.45) is 0 Å². The first kappa shape index (κ1) is 12.5. The van der Waals surface area contributed by atoms with Gasteiger partial charge in [-0.2, -0.15) is 0 Å².